The molecular weight excluding hydrogens is 404 g/mol. The summed E-state index contributed by atoms with van der Waals surface area (Å²) in [4.78, 5) is 18.6. The Morgan fingerprint density at radius 2 is 1.55 bits per heavy atom. The second-order valence-corrected chi connectivity index (χ2v) is 8.65. The highest BCUT2D eigenvalue weighted by atomic mass is 35.5. The minimum atomic E-state index is -0.159. The topological polar surface area (TPSA) is 42.0 Å². The van der Waals surface area contributed by atoms with Crippen LogP contribution >= 0.6 is 11.6 Å². The van der Waals surface area contributed by atoms with Gasteiger partial charge in [-0.1, -0.05) is 59.1 Å². The molecule has 31 heavy (non-hydrogen) atoms. The van der Waals surface area contributed by atoms with Crippen molar-refractivity contribution in [1.82, 2.24) is 4.98 Å². The number of carbonyl (C=O) groups excluding carboxylic acids is 1. The molecule has 3 nitrogen and oxygen atoms in total. The van der Waals surface area contributed by atoms with Gasteiger partial charge in [0.1, 0.15) is 0 Å². The molecule has 0 bridgehead atoms. The van der Waals surface area contributed by atoms with Crippen molar-refractivity contribution in [3.63, 3.8) is 0 Å². The van der Waals surface area contributed by atoms with Gasteiger partial charge in [-0.3, -0.25) is 4.79 Å². The molecule has 0 aliphatic carbocycles. The summed E-state index contributed by atoms with van der Waals surface area (Å²) in [7, 11) is 0. The molecule has 0 fully saturated rings. The smallest absolute Gasteiger partial charge is 0.256 e. The first-order valence-corrected chi connectivity index (χ1v) is 10.7. The fourth-order valence-electron chi connectivity index (χ4n) is 4.01. The van der Waals surface area contributed by atoms with Gasteiger partial charge < -0.3 is 5.32 Å². The molecule has 1 amide bonds. The van der Waals surface area contributed by atoms with Crippen molar-refractivity contribution in [1.29, 1.82) is 0 Å². The van der Waals surface area contributed by atoms with E-state index in [0.29, 0.717) is 16.3 Å². The van der Waals surface area contributed by atoms with Gasteiger partial charge in [0.05, 0.1) is 16.8 Å². The van der Waals surface area contributed by atoms with Crippen LogP contribution in [0.1, 0.15) is 38.2 Å². The van der Waals surface area contributed by atoms with Crippen LogP contribution in [0.3, 0.4) is 0 Å². The summed E-state index contributed by atoms with van der Waals surface area (Å²) in [5.74, 6) is -0.159. The number of rotatable bonds is 3. The Kier molecular flexibility index (Phi) is 5.55. The van der Waals surface area contributed by atoms with E-state index >= 15 is 0 Å². The van der Waals surface area contributed by atoms with Gasteiger partial charge in [-0.25, -0.2) is 4.98 Å². The molecule has 0 spiro atoms. The molecular formula is C27H25ClN2O. The third kappa shape index (κ3) is 4.06. The summed E-state index contributed by atoms with van der Waals surface area (Å²) in [6.45, 7) is 10.1. The Morgan fingerprint density at radius 1 is 0.839 bits per heavy atom. The van der Waals surface area contributed by atoms with Crippen molar-refractivity contribution < 1.29 is 4.79 Å². The molecule has 0 aliphatic heterocycles. The zero-order chi connectivity index (χ0) is 22.3. The van der Waals surface area contributed by atoms with E-state index in [0.717, 1.165) is 44.4 Å². The van der Waals surface area contributed by atoms with Crippen LogP contribution in [0.15, 0.2) is 54.6 Å². The average molecular weight is 429 g/mol. The van der Waals surface area contributed by atoms with Crippen LogP contribution in [0, 0.1) is 34.6 Å². The minimum Gasteiger partial charge on any atom is -0.322 e. The summed E-state index contributed by atoms with van der Waals surface area (Å²) >= 11 is 6.17. The molecule has 4 aromatic rings. The van der Waals surface area contributed by atoms with Crippen LogP contribution in [0.25, 0.3) is 22.2 Å². The number of halogens is 1. The lowest BCUT2D eigenvalue weighted by Crippen LogP contribution is -2.16. The van der Waals surface area contributed by atoms with E-state index in [1.165, 1.54) is 5.56 Å². The van der Waals surface area contributed by atoms with E-state index in [2.05, 4.69) is 42.6 Å². The molecule has 3 aromatic carbocycles. The van der Waals surface area contributed by atoms with Gasteiger partial charge in [-0.05, 0) is 69.5 Å². The van der Waals surface area contributed by atoms with Crippen LogP contribution in [0.4, 0.5) is 5.69 Å². The van der Waals surface area contributed by atoms with Crippen molar-refractivity contribution in [2.75, 3.05) is 5.32 Å². The van der Waals surface area contributed by atoms with Crippen LogP contribution in [0.5, 0.6) is 0 Å². The number of aromatic nitrogens is 1. The molecule has 1 heterocycles. The highest BCUT2D eigenvalue weighted by molar-refractivity contribution is 6.31. The summed E-state index contributed by atoms with van der Waals surface area (Å²) in [6.07, 6.45) is 0. The summed E-state index contributed by atoms with van der Waals surface area (Å²) in [5.41, 5.74) is 9.18. The molecule has 1 aromatic heterocycles. The van der Waals surface area contributed by atoms with Crippen molar-refractivity contribution in [3.05, 3.63) is 93.0 Å². The lowest BCUT2D eigenvalue weighted by molar-refractivity contribution is 0.102. The Hall–Kier alpha value is -3.17. The van der Waals surface area contributed by atoms with Gasteiger partial charge >= 0.3 is 0 Å². The van der Waals surface area contributed by atoms with Gasteiger partial charge in [0, 0.05) is 21.7 Å². The van der Waals surface area contributed by atoms with E-state index < -0.39 is 0 Å². The molecule has 0 atom stereocenters. The highest BCUT2D eigenvalue weighted by Gasteiger charge is 2.21. The maximum Gasteiger partial charge on any atom is 0.256 e. The van der Waals surface area contributed by atoms with E-state index in [1.54, 1.807) is 6.07 Å². The largest absolute Gasteiger partial charge is 0.322 e. The van der Waals surface area contributed by atoms with E-state index in [4.69, 9.17) is 16.6 Å². The first kappa shape index (κ1) is 21.1. The quantitative estimate of drug-likeness (QED) is 0.370. The first-order chi connectivity index (χ1) is 14.7. The van der Waals surface area contributed by atoms with E-state index in [1.807, 2.05) is 45.9 Å². The summed E-state index contributed by atoms with van der Waals surface area (Å²) in [6, 6.07) is 17.9. The maximum atomic E-state index is 13.6. The molecule has 4 rings (SSSR count). The Balaban J connectivity index is 1.95. The SMILES string of the molecule is Cc1ccc(-c2nc3c(C)cc(C)cc3c(C(=O)Nc3cc(Cl)ccc3C)c2C)cc1. The zero-order valence-corrected chi connectivity index (χ0v) is 19.2. The Bertz CT molecular complexity index is 1320. The number of fused-ring (bicyclic) bond motifs is 1. The fourth-order valence-corrected chi connectivity index (χ4v) is 4.19. The number of pyridine rings is 1. The van der Waals surface area contributed by atoms with Crippen LogP contribution in [-0.4, -0.2) is 10.9 Å². The predicted octanol–water partition coefficient (Wildman–Crippen LogP) is 7.35. The normalized spacial score (nSPS) is 11.0. The van der Waals surface area contributed by atoms with Crippen LogP contribution in [-0.2, 0) is 0 Å². The Labute approximate surface area is 188 Å². The number of hydrogen-bond donors (Lipinski definition) is 1. The van der Waals surface area contributed by atoms with E-state index in [-0.39, 0.29) is 5.91 Å². The number of benzene rings is 3. The molecule has 156 valence electrons. The fraction of sp³-hybridized carbons (Fsp3) is 0.185. The third-order valence-electron chi connectivity index (χ3n) is 5.67. The number of carbonyl (C=O) groups is 1. The molecule has 4 heteroatoms. The average Bonchev–Trinajstić information content (AvgIpc) is 2.71. The van der Waals surface area contributed by atoms with Gasteiger partial charge in [0.25, 0.3) is 5.91 Å². The number of hydrogen-bond acceptors (Lipinski definition) is 2. The van der Waals surface area contributed by atoms with Gasteiger partial charge in [-0.2, -0.15) is 0 Å². The highest BCUT2D eigenvalue weighted by Crippen LogP contribution is 2.33. The summed E-state index contributed by atoms with van der Waals surface area (Å²) < 4.78 is 0. The molecule has 0 saturated heterocycles. The van der Waals surface area contributed by atoms with Crippen molar-refractivity contribution in [2.45, 2.75) is 34.6 Å². The number of anilines is 1. The zero-order valence-electron chi connectivity index (χ0n) is 18.4. The van der Waals surface area contributed by atoms with E-state index in [9.17, 15) is 4.79 Å². The number of nitrogens with zero attached hydrogens (tertiary/aromatic N) is 1. The van der Waals surface area contributed by atoms with Crippen molar-refractivity contribution in [3.8, 4) is 11.3 Å². The number of amides is 1. The monoisotopic (exact) mass is 428 g/mol. The van der Waals surface area contributed by atoms with Crippen LogP contribution in [0.2, 0.25) is 5.02 Å². The lowest BCUT2D eigenvalue weighted by atomic mass is 9.94. The minimum absolute atomic E-state index is 0.159. The standard InChI is InChI=1S/C27H25ClN2O/c1-15-6-9-20(10-7-15)26-19(5)24(22-13-16(2)12-18(4)25(22)30-26)27(31)29-23-14-21(28)11-8-17(23)3/h6-14H,1-5H3,(H,29,31). The number of aryl methyl sites for hydroxylation is 4. The summed E-state index contributed by atoms with van der Waals surface area (Å²) in [5, 5.41) is 4.53. The van der Waals surface area contributed by atoms with Crippen molar-refractivity contribution in [2.24, 2.45) is 0 Å². The third-order valence-corrected chi connectivity index (χ3v) is 5.90. The lowest BCUT2D eigenvalue weighted by Gasteiger charge is -2.17. The first-order valence-electron chi connectivity index (χ1n) is 10.3. The predicted molar refractivity (Wildman–Crippen MR) is 130 cm³/mol. The Morgan fingerprint density at radius 3 is 2.26 bits per heavy atom. The molecule has 0 aliphatic rings. The number of nitrogens with one attached hydrogen (secondary N) is 1. The van der Waals surface area contributed by atoms with Crippen molar-refractivity contribution >= 4 is 34.1 Å². The van der Waals surface area contributed by atoms with Gasteiger partial charge in [-0.15, -0.1) is 0 Å². The molecule has 1 N–H and O–H groups in total. The molecule has 0 unspecified atom stereocenters. The molecule has 0 radical (unpaired) electrons. The molecule has 0 saturated carbocycles. The maximum absolute atomic E-state index is 13.6. The van der Waals surface area contributed by atoms with Crippen LogP contribution < -0.4 is 5.32 Å². The van der Waals surface area contributed by atoms with Gasteiger partial charge in [0.15, 0.2) is 0 Å². The second kappa shape index (κ2) is 8.16. The van der Waals surface area contributed by atoms with Gasteiger partial charge in [0.2, 0.25) is 0 Å². The second-order valence-electron chi connectivity index (χ2n) is 8.22.